The number of hydrogen-bond acceptors (Lipinski definition) is 4. The molecule has 0 aliphatic heterocycles. The summed E-state index contributed by atoms with van der Waals surface area (Å²) in [5.41, 5.74) is 7.13. The minimum atomic E-state index is -0.235. The van der Waals surface area contributed by atoms with Gasteiger partial charge in [-0.3, -0.25) is 4.79 Å². The maximum Gasteiger partial charge on any atom is 0.310 e. The van der Waals surface area contributed by atoms with Crippen LogP contribution < -0.4 is 5.73 Å². The number of carbonyl (C=O) groups excluding carboxylic acids is 1. The van der Waals surface area contributed by atoms with Crippen molar-refractivity contribution in [3.63, 3.8) is 0 Å². The van der Waals surface area contributed by atoms with E-state index in [-0.39, 0.29) is 12.4 Å². The quantitative estimate of drug-likeness (QED) is 0.450. The van der Waals surface area contributed by atoms with Crippen molar-refractivity contribution in [2.24, 2.45) is 0 Å². The van der Waals surface area contributed by atoms with Crippen LogP contribution in [0, 0.1) is 0 Å². The highest BCUT2D eigenvalue weighted by atomic mass is 16.5. The van der Waals surface area contributed by atoms with Crippen molar-refractivity contribution < 1.29 is 14.3 Å². The summed E-state index contributed by atoms with van der Waals surface area (Å²) >= 11 is 0. The van der Waals surface area contributed by atoms with E-state index in [0.29, 0.717) is 18.9 Å². The van der Waals surface area contributed by atoms with Gasteiger partial charge in [-0.2, -0.15) is 0 Å². The molecule has 0 spiro atoms. The summed E-state index contributed by atoms with van der Waals surface area (Å²) < 4.78 is 9.88. The normalized spacial score (nSPS) is 10.1. The lowest BCUT2D eigenvalue weighted by Gasteiger charge is -2.05. The highest BCUT2D eigenvalue weighted by Gasteiger charge is 2.04. The monoisotopic (exact) mass is 223 g/mol. The van der Waals surface area contributed by atoms with Crippen LogP contribution in [-0.4, -0.2) is 26.3 Å². The molecule has 4 heteroatoms. The Morgan fingerprint density at radius 3 is 2.88 bits per heavy atom. The van der Waals surface area contributed by atoms with E-state index in [0.717, 1.165) is 12.0 Å². The fraction of sp³-hybridized carbons (Fsp3) is 0.417. The summed E-state index contributed by atoms with van der Waals surface area (Å²) in [6, 6.07) is 7.24. The van der Waals surface area contributed by atoms with Gasteiger partial charge in [-0.25, -0.2) is 0 Å². The van der Waals surface area contributed by atoms with Gasteiger partial charge in [0.15, 0.2) is 0 Å². The Morgan fingerprint density at radius 1 is 1.38 bits per heavy atom. The zero-order chi connectivity index (χ0) is 11.8. The van der Waals surface area contributed by atoms with Crippen LogP contribution in [0.3, 0.4) is 0 Å². The maximum atomic E-state index is 11.4. The Morgan fingerprint density at radius 2 is 2.19 bits per heavy atom. The number of esters is 1. The fourth-order valence-electron chi connectivity index (χ4n) is 1.31. The third-order valence-electron chi connectivity index (χ3n) is 2.06. The Hall–Kier alpha value is -1.55. The van der Waals surface area contributed by atoms with Crippen LogP contribution in [0.25, 0.3) is 0 Å². The van der Waals surface area contributed by atoms with Crippen LogP contribution in [0.2, 0.25) is 0 Å². The van der Waals surface area contributed by atoms with E-state index in [9.17, 15) is 4.79 Å². The topological polar surface area (TPSA) is 61.5 Å². The molecule has 0 aromatic heterocycles. The third-order valence-corrected chi connectivity index (χ3v) is 2.06. The van der Waals surface area contributed by atoms with Gasteiger partial charge >= 0.3 is 5.97 Å². The van der Waals surface area contributed by atoms with E-state index < -0.39 is 0 Å². The molecule has 1 rings (SSSR count). The first-order valence-corrected chi connectivity index (χ1v) is 5.21. The lowest BCUT2D eigenvalue weighted by molar-refractivity contribution is -0.143. The highest BCUT2D eigenvalue weighted by molar-refractivity contribution is 5.72. The molecular formula is C12H17NO3. The molecule has 0 heterocycles. The van der Waals surface area contributed by atoms with Crippen LogP contribution in [0.4, 0.5) is 5.69 Å². The summed E-state index contributed by atoms with van der Waals surface area (Å²) in [4.78, 5) is 11.4. The molecular weight excluding hydrogens is 206 g/mol. The molecule has 1 aromatic rings. The van der Waals surface area contributed by atoms with E-state index in [1.54, 1.807) is 19.2 Å². The molecule has 0 saturated carbocycles. The minimum absolute atomic E-state index is 0.235. The van der Waals surface area contributed by atoms with Gasteiger partial charge in [-0.05, 0) is 17.7 Å². The Labute approximate surface area is 95.3 Å². The lowest BCUT2D eigenvalue weighted by Crippen LogP contribution is -2.10. The molecule has 0 fully saturated rings. The van der Waals surface area contributed by atoms with Crippen molar-refractivity contribution in [1.82, 2.24) is 0 Å². The minimum Gasteiger partial charge on any atom is -0.465 e. The van der Waals surface area contributed by atoms with Crippen molar-refractivity contribution in [1.29, 1.82) is 0 Å². The molecule has 0 atom stereocenters. The van der Waals surface area contributed by atoms with Gasteiger partial charge in [0.05, 0.1) is 13.0 Å². The smallest absolute Gasteiger partial charge is 0.310 e. The molecule has 0 saturated heterocycles. The average Bonchev–Trinajstić information content (AvgIpc) is 2.24. The SMILES string of the molecule is COCCCOC(=O)Cc1cccc(N)c1. The number of methoxy groups -OCH3 is 1. The van der Waals surface area contributed by atoms with E-state index in [1.807, 2.05) is 12.1 Å². The molecule has 0 aliphatic rings. The van der Waals surface area contributed by atoms with Crippen LogP contribution >= 0.6 is 0 Å². The second-order valence-corrected chi connectivity index (χ2v) is 3.49. The van der Waals surface area contributed by atoms with Crippen LogP contribution in [0.5, 0.6) is 0 Å². The second-order valence-electron chi connectivity index (χ2n) is 3.49. The first-order chi connectivity index (χ1) is 7.72. The zero-order valence-corrected chi connectivity index (χ0v) is 9.44. The number of nitrogens with two attached hydrogens (primary N) is 1. The van der Waals surface area contributed by atoms with Gasteiger partial charge in [0.25, 0.3) is 0 Å². The Bertz CT molecular complexity index is 339. The van der Waals surface area contributed by atoms with Crippen molar-refractivity contribution in [3.8, 4) is 0 Å². The van der Waals surface area contributed by atoms with Crippen LogP contribution in [0.1, 0.15) is 12.0 Å². The predicted octanol–water partition coefficient (Wildman–Crippen LogP) is 1.39. The molecule has 4 nitrogen and oxygen atoms in total. The molecule has 0 amide bonds. The lowest BCUT2D eigenvalue weighted by atomic mass is 10.1. The standard InChI is InChI=1S/C12H17NO3/c1-15-6-3-7-16-12(14)9-10-4-2-5-11(13)8-10/h2,4-5,8H,3,6-7,9,13H2,1H3. The predicted molar refractivity (Wildman–Crippen MR) is 62.0 cm³/mol. The number of ether oxygens (including phenoxy) is 2. The number of benzene rings is 1. The van der Waals surface area contributed by atoms with E-state index in [2.05, 4.69) is 0 Å². The fourth-order valence-corrected chi connectivity index (χ4v) is 1.31. The van der Waals surface area contributed by atoms with Crippen molar-refractivity contribution in [2.45, 2.75) is 12.8 Å². The van der Waals surface area contributed by atoms with Gasteiger partial charge in [-0.1, -0.05) is 12.1 Å². The Balaban J connectivity index is 2.29. The molecule has 0 radical (unpaired) electrons. The number of carbonyl (C=O) groups is 1. The maximum absolute atomic E-state index is 11.4. The first-order valence-electron chi connectivity index (χ1n) is 5.21. The van der Waals surface area contributed by atoms with Crippen molar-refractivity contribution in [2.75, 3.05) is 26.1 Å². The first kappa shape index (κ1) is 12.5. The van der Waals surface area contributed by atoms with Crippen LogP contribution in [0.15, 0.2) is 24.3 Å². The van der Waals surface area contributed by atoms with Crippen molar-refractivity contribution in [3.05, 3.63) is 29.8 Å². The van der Waals surface area contributed by atoms with Gasteiger partial charge in [0, 0.05) is 25.8 Å². The molecule has 0 unspecified atom stereocenters. The summed E-state index contributed by atoms with van der Waals surface area (Å²) in [6.07, 6.45) is 0.983. The zero-order valence-electron chi connectivity index (χ0n) is 9.44. The van der Waals surface area contributed by atoms with E-state index in [4.69, 9.17) is 15.2 Å². The number of nitrogen functional groups attached to an aromatic ring is 1. The average molecular weight is 223 g/mol. The van der Waals surface area contributed by atoms with Gasteiger partial charge < -0.3 is 15.2 Å². The molecule has 88 valence electrons. The molecule has 16 heavy (non-hydrogen) atoms. The summed E-state index contributed by atoms with van der Waals surface area (Å²) in [7, 11) is 1.62. The summed E-state index contributed by atoms with van der Waals surface area (Å²) in [5, 5.41) is 0. The van der Waals surface area contributed by atoms with E-state index >= 15 is 0 Å². The summed E-state index contributed by atoms with van der Waals surface area (Å²) in [5.74, 6) is -0.235. The summed E-state index contributed by atoms with van der Waals surface area (Å²) in [6.45, 7) is 1.00. The van der Waals surface area contributed by atoms with Crippen LogP contribution in [-0.2, 0) is 20.7 Å². The van der Waals surface area contributed by atoms with Crippen molar-refractivity contribution >= 4 is 11.7 Å². The molecule has 2 N–H and O–H groups in total. The largest absolute Gasteiger partial charge is 0.465 e. The third kappa shape index (κ3) is 4.79. The molecule has 1 aromatic carbocycles. The van der Waals surface area contributed by atoms with E-state index in [1.165, 1.54) is 0 Å². The van der Waals surface area contributed by atoms with Gasteiger partial charge in [-0.15, -0.1) is 0 Å². The number of anilines is 1. The molecule has 0 bridgehead atoms. The van der Waals surface area contributed by atoms with Gasteiger partial charge in [0.2, 0.25) is 0 Å². The Kier molecular flexibility index (Phi) is 5.36. The van der Waals surface area contributed by atoms with Gasteiger partial charge in [0.1, 0.15) is 0 Å². The highest BCUT2D eigenvalue weighted by Crippen LogP contribution is 2.07. The number of rotatable bonds is 6. The number of hydrogen-bond donors (Lipinski definition) is 1. The second kappa shape index (κ2) is 6.85. The molecule has 0 aliphatic carbocycles.